The van der Waals surface area contributed by atoms with Crippen molar-refractivity contribution < 1.29 is 18.0 Å². The minimum atomic E-state index is -4.54. The Balaban J connectivity index is 0.00000196. The van der Waals surface area contributed by atoms with Crippen LogP contribution < -0.4 is 5.32 Å². The molecule has 0 aliphatic carbocycles. The van der Waals surface area contributed by atoms with Gasteiger partial charge in [0.25, 0.3) is 5.91 Å². The van der Waals surface area contributed by atoms with E-state index >= 15 is 0 Å². The monoisotopic (exact) mass is 382 g/mol. The summed E-state index contributed by atoms with van der Waals surface area (Å²) in [4.78, 5) is 14.6. The van der Waals surface area contributed by atoms with Crippen molar-refractivity contribution in [1.82, 2.24) is 10.2 Å². The Morgan fingerprint density at radius 1 is 1.04 bits per heavy atom. The van der Waals surface area contributed by atoms with Gasteiger partial charge in [0, 0.05) is 25.6 Å². The Morgan fingerprint density at radius 3 is 2.46 bits per heavy atom. The number of benzene rings is 2. The molecule has 0 radical (unpaired) electrons. The Labute approximate surface area is 155 Å². The number of hydrogen-bond acceptors (Lipinski definition) is 2. The molecule has 2 atom stereocenters. The van der Waals surface area contributed by atoms with Crippen LogP contribution >= 0.6 is 12.4 Å². The van der Waals surface area contributed by atoms with E-state index in [2.05, 4.69) is 5.32 Å². The van der Waals surface area contributed by atoms with Crippen LogP contribution in [0.2, 0.25) is 0 Å². The van der Waals surface area contributed by atoms with E-state index in [1.54, 1.807) is 11.0 Å². The smallest absolute Gasteiger partial charge is 0.329 e. The molecule has 0 bridgehead atoms. The van der Waals surface area contributed by atoms with Gasteiger partial charge in [0.1, 0.15) is 0 Å². The Kier molecular flexibility index (Phi) is 4.99. The molecule has 1 amide bonds. The number of amides is 1. The van der Waals surface area contributed by atoms with E-state index < -0.39 is 17.6 Å². The Hall–Kier alpha value is -2.05. The van der Waals surface area contributed by atoms with Crippen molar-refractivity contribution in [3.05, 3.63) is 70.8 Å². The average molecular weight is 383 g/mol. The van der Waals surface area contributed by atoms with Crippen molar-refractivity contribution in [3.63, 3.8) is 0 Å². The van der Waals surface area contributed by atoms with Crippen molar-refractivity contribution in [2.45, 2.75) is 24.7 Å². The molecule has 138 valence electrons. The molecular weight excluding hydrogens is 365 g/mol. The van der Waals surface area contributed by atoms with E-state index in [1.807, 2.05) is 30.3 Å². The second-order valence-corrected chi connectivity index (χ2v) is 6.52. The van der Waals surface area contributed by atoms with E-state index in [4.69, 9.17) is 0 Å². The van der Waals surface area contributed by atoms with Crippen LogP contribution in [0, 0.1) is 0 Å². The quantitative estimate of drug-likeness (QED) is 0.856. The van der Waals surface area contributed by atoms with E-state index in [1.165, 1.54) is 6.07 Å². The molecule has 3 nitrogen and oxygen atoms in total. The topological polar surface area (TPSA) is 32.3 Å². The van der Waals surface area contributed by atoms with Crippen LogP contribution in [0.1, 0.15) is 33.0 Å². The first-order valence-electron chi connectivity index (χ1n) is 8.22. The van der Waals surface area contributed by atoms with E-state index in [9.17, 15) is 18.0 Å². The number of fused-ring (bicyclic) bond motifs is 3. The fourth-order valence-corrected chi connectivity index (χ4v) is 3.93. The van der Waals surface area contributed by atoms with Gasteiger partial charge in [-0.2, -0.15) is 13.2 Å². The van der Waals surface area contributed by atoms with Gasteiger partial charge in [-0.15, -0.1) is 12.4 Å². The number of nitrogens with one attached hydrogen (secondary N) is 1. The SMILES string of the molecule is Cl.O=C1c2c(cccc2C(F)(F)F)C2CNCC2N1Cc1ccccc1. The number of carbonyl (C=O) groups excluding carboxylic acids is 1. The van der Waals surface area contributed by atoms with Gasteiger partial charge in [0.2, 0.25) is 0 Å². The minimum absolute atomic E-state index is 0. The molecule has 26 heavy (non-hydrogen) atoms. The summed E-state index contributed by atoms with van der Waals surface area (Å²) in [5.41, 5.74) is 0.405. The fourth-order valence-electron chi connectivity index (χ4n) is 3.93. The summed E-state index contributed by atoms with van der Waals surface area (Å²) in [7, 11) is 0. The Morgan fingerprint density at radius 2 is 1.77 bits per heavy atom. The van der Waals surface area contributed by atoms with Crippen LogP contribution in [-0.2, 0) is 12.7 Å². The maximum atomic E-state index is 13.5. The molecule has 7 heteroatoms. The lowest BCUT2D eigenvalue weighted by atomic mass is 9.82. The minimum Gasteiger partial charge on any atom is -0.329 e. The van der Waals surface area contributed by atoms with Gasteiger partial charge in [-0.3, -0.25) is 4.79 Å². The second-order valence-electron chi connectivity index (χ2n) is 6.52. The number of halogens is 4. The molecule has 2 aliphatic rings. The van der Waals surface area contributed by atoms with Crippen molar-refractivity contribution in [2.24, 2.45) is 0 Å². The standard InChI is InChI=1S/C19H17F3N2O.ClH/c20-19(21,22)15-8-4-7-13-14-9-23-10-16(14)24(18(25)17(13)15)11-12-5-2-1-3-6-12;/h1-8,14,16,23H,9-11H2;1H. The van der Waals surface area contributed by atoms with Gasteiger partial charge < -0.3 is 10.2 Å². The molecule has 2 heterocycles. The maximum absolute atomic E-state index is 13.5. The molecule has 2 aromatic rings. The summed E-state index contributed by atoms with van der Waals surface area (Å²) in [6.45, 7) is 1.49. The third-order valence-corrected chi connectivity index (χ3v) is 5.05. The molecule has 1 N–H and O–H groups in total. The first-order valence-corrected chi connectivity index (χ1v) is 8.22. The number of rotatable bonds is 2. The third-order valence-electron chi connectivity index (χ3n) is 5.05. The molecule has 2 aromatic carbocycles. The molecule has 1 fully saturated rings. The van der Waals surface area contributed by atoms with Crippen molar-refractivity contribution in [3.8, 4) is 0 Å². The zero-order valence-corrected chi connectivity index (χ0v) is 14.6. The van der Waals surface area contributed by atoms with Crippen molar-refractivity contribution in [1.29, 1.82) is 0 Å². The second kappa shape index (κ2) is 6.93. The summed E-state index contributed by atoms with van der Waals surface area (Å²) in [5.74, 6) is -0.643. The maximum Gasteiger partial charge on any atom is 0.417 e. The molecule has 1 saturated heterocycles. The number of nitrogens with zero attached hydrogens (tertiary/aromatic N) is 1. The lowest BCUT2D eigenvalue weighted by Crippen LogP contribution is -2.48. The molecule has 0 spiro atoms. The molecule has 2 unspecified atom stereocenters. The highest BCUT2D eigenvalue weighted by atomic mass is 35.5. The average Bonchev–Trinajstić information content (AvgIpc) is 3.08. The molecular formula is C19H18ClF3N2O. The van der Waals surface area contributed by atoms with Crippen molar-refractivity contribution in [2.75, 3.05) is 13.1 Å². The molecule has 0 aromatic heterocycles. The third kappa shape index (κ3) is 3.08. The highest BCUT2D eigenvalue weighted by Crippen LogP contribution is 2.42. The van der Waals surface area contributed by atoms with Crippen LogP contribution in [0.15, 0.2) is 48.5 Å². The highest BCUT2D eigenvalue weighted by Gasteiger charge is 2.46. The summed E-state index contributed by atoms with van der Waals surface area (Å²) >= 11 is 0. The van der Waals surface area contributed by atoms with Gasteiger partial charge >= 0.3 is 6.18 Å². The summed E-state index contributed by atoms with van der Waals surface area (Å²) < 4.78 is 40.4. The van der Waals surface area contributed by atoms with Gasteiger partial charge in [-0.1, -0.05) is 42.5 Å². The first kappa shape index (κ1) is 18.7. The van der Waals surface area contributed by atoms with Gasteiger partial charge in [0.15, 0.2) is 0 Å². The van der Waals surface area contributed by atoms with Gasteiger partial charge in [-0.05, 0) is 17.2 Å². The molecule has 4 rings (SSSR count). The summed E-state index contributed by atoms with van der Waals surface area (Å²) in [5, 5.41) is 3.22. The number of alkyl halides is 3. The summed E-state index contributed by atoms with van der Waals surface area (Å²) in [6.07, 6.45) is -4.54. The predicted molar refractivity (Wildman–Crippen MR) is 94.4 cm³/mol. The zero-order valence-electron chi connectivity index (χ0n) is 13.8. The lowest BCUT2D eigenvalue weighted by molar-refractivity contribution is -0.138. The summed E-state index contributed by atoms with van der Waals surface area (Å²) in [6, 6.07) is 13.3. The number of hydrogen-bond donors (Lipinski definition) is 1. The number of carbonyl (C=O) groups is 1. The lowest BCUT2D eigenvalue weighted by Gasteiger charge is -2.39. The largest absolute Gasteiger partial charge is 0.417 e. The zero-order chi connectivity index (χ0) is 17.6. The van der Waals surface area contributed by atoms with Crippen LogP contribution in [0.5, 0.6) is 0 Å². The Bertz CT molecular complexity index is 810. The van der Waals surface area contributed by atoms with E-state index in [0.29, 0.717) is 25.2 Å². The predicted octanol–water partition coefficient (Wildman–Crippen LogP) is 3.84. The van der Waals surface area contributed by atoms with Gasteiger partial charge in [0.05, 0.1) is 17.2 Å². The normalized spacial score (nSPS) is 21.8. The van der Waals surface area contributed by atoms with Crippen molar-refractivity contribution >= 4 is 18.3 Å². The van der Waals surface area contributed by atoms with E-state index in [0.717, 1.165) is 11.6 Å². The van der Waals surface area contributed by atoms with E-state index in [-0.39, 0.29) is 29.9 Å². The van der Waals surface area contributed by atoms with Crippen LogP contribution in [0.3, 0.4) is 0 Å². The first-order chi connectivity index (χ1) is 12.0. The fraction of sp³-hybridized carbons (Fsp3) is 0.316. The van der Waals surface area contributed by atoms with Crippen LogP contribution in [-0.4, -0.2) is 29.9 Å². The highest BCUT2D eigenvalue weighted by molar-refractivity contribution is 5.99. The van der Waals surface area contributed by atoms with Gasteiger partial charge in [-0.25, -0.2) is 0 Å². The van der Waals surface area contributed by atoms with Crippen LogP contribution in [0.25, 0.3) is 0 Å². The molecule has 2 aliphatic heterocycles. The molecule has 0 saturated carbocycles. The van der Waals surface area contributed by atoms with Crippen LogP contribution in [0.4, 0.5) is 13.2 Å².